The van der Waals surface area contributed by atoms with Crippen molar-refractivity contribution in [1.29, 1.82) is 0 Å². The van der Waals surface area contributed by atoms with Crippen molar-refractivity contribution in [3.05, 3.63) is 28.2 Å². The maximum Gasteiger partial charge on any atom is 0.422 e. The standard InChI is InChI=1S/C8H4Cl4FNO2S.FH/c9-4-1-5(10)3-6(2-4)14(7(15)16)17-8(11,12)13;/h1-3H,(H,15,16);1H. The fraction of sp³-hybridized carbons (Fsp3) is 0.125. The second kappa shape index (κ2) is 6.86. The molecule has 0 bridgehead atoms. The van der Waals surface area contributed by atoms with E-state index in [1.807, 2.05) is 0 Å². The summed E-state index contributed by atoms with van der Waals surface area (Å²) in [5, 5.41) is 9.31. The van der Waals surface area contributed by atoms with E-state index in [4.69, 9.17) is 51.5 Å². The summed E-state index contributed by atoms with van der Waals surface area (Å²) in [7, 11) is 0. The number of nitrogens with zero attached hydrogens (tertiary/aromatic N) is 1. The number of halogens is 6. The fourth-order valence-corrected chi connectivity index (χ4v) is 2.39. The van der Waals surface area contributed by atoms with E-state index in [1.54, 1.807) is 0 Å². The van der Waals surface area contributed by atoms with Gasteiger partial charge in [-0.2, -0.15) is 4.39 Å². The van der Waals surface area contributed by atoms with E-state index in [-0.39, 0.29) is 32.4 Å². The molecule has 0 aliphatic heterocycles. The number of benzene rings is 1. The molecule has 0 aliphatic carbocycles. The highest BCUT2D eigenvalue weighted by Gasteiger charge is 2.31. The van der Waals surface area contributed by atoms with Gasteiger partial charge >= 0.3 is 10.0 Å². The molecule has 3 nitrogen and oxygen atoms in total. The van der Waals surface area contributed by atoms with Crippen molar-refractivity contribution < 1.29 is 19.0 Å². The van der Waals surface area contributed by atoms with Crippen molar-refractivity contribution in [2.75, 3.05) is 4.31 Å². The molecule has 1 aromatic rings. The second-order valence-electron chi connectivity index (χ2n) is 2.74. The lowest BCUT2D eigenvalue weighted by Gasteiger charge is -2.21. The monoisotopic (exact) mass is 357 g/mol. The van der Waals surface area contributed by atoms with Crippen LogP contribution in [0.2, 0.25) is 10.0 Å². The van der Waals surface area contributed by atoms with Gasteiger partial charge in [0.25, 0.3) is 0 Å². The van der Waals surface area contributed by atoms with Crippen molar-refractivity contribution in [3.8, 4) is 0 Å². The number of rotatable bonds is 3. The average molecular weight is 359 g/mol. The summed E-state index contributed by atoms with van der Waals surface area (Å²) in [6.45, 7) is 0. The maximum absolute atomic E-state index is 13.0. The van der Waals surface area contributed by atoms with Crippen molar-refractivity contribution in [2.45, 2.75) is 3.92 Å². The molecule has 1 N–H and O–H groups in total. The first-order chi connectivity index (χ1) is 7.69. The topological polar surface area (TPSA) is 40.5 Å². The Morgan fingerprint density at radius 1 is 1.28 bits per heavy atom. The predicted octanol–water partition coefficient (Wildman–Crippen LogP) is 5.34. The minimum atomic E-state index is -2.78. The molecule has 0 atom stereocenters. The number of hydrogen-bond acceptors (Lipinski definition) is 2. The Labute approximate surface area is 125 Å². The zero-order valence-corrected chi connectivity index (χ0v) is 12.1. The highest BCUT2D eigenvalue weighted by atomic mass is 35.5. The van der Waals surface area contributed by atoms with Gasteiger partial charge in [-0.3, -0.25) is 4.70 Å². The average Bonchev–Trinajstić information content (AvgIpc) is 2.10. The Kier molecular flexibility index (Phi) is 6.81. The van der Waals surface area contributed by atoms with Crippen LogP contribution in [0.3, 0.4) is 0 Å². The maximum atomic E-state index is 13.0. The summed E-state index contributed by atoms with van der Waals surface area (Å²) >= 11 is 21.6. The first-order valence-electron chi connectivity index (χ1n) is 3.94. The van der Waals surface area contributed by atoms with E-state index < -0.39 is 10.0 Å². The van der Waals surface area contributed by atoms with Crippen molar-refractivity contribution in [1.82, 2.24) is 0 Å². The number of anilines is 1. The van der Waals surface area contributed by atoms with Gasteiger partial charge in [-0.05, 0) is 18.2 Å². The SMILES string of the molecule is F.O=C(O)N(SC(F)(Cl)Cl)c1cc(Cl)cc(Cl)c1. The molecule has 0 heterocycles. The third kappa shape index (κ3) is 5.67. The van der Waals surface area contributed by atoms with Gasteiger partial charge in [0.15, 0.2) is 0 Å². The Hall–Kier alpha value is -0.140. The molecule has 0 aliphatic rings. The Morgan fingerprint density at radius 2 is 1.72 bits per heavy atom. The highest BCUT2D eigenvalue weighted by molar-refractivity contribution is 8.04. The lowest BCUT2D eigenvalue weighted by molar-refractivity contribution is 0.206. The van der Waals surface area contributed by atoms with E-state index in [9.17, 15) is 9.18 Å². The quantitative estimate of drug-likeness (QED) is 0.585. The van der Waals surface area contributed by atoms with Crippen LogP contribution < -0.4 is 4.31 Å². The van der Waals surface area contributed by atoms with Crippen LogP contribution in [-0.2, 0) is 0 Å². The normalized spacial score (nSPS) is 10.7. The van der Waals surface area contributed by atoms with Crippen LogP contribution in [0.4, 0.5) is 19.6 Å². The molecule has 1 aromatic carbocycles. The second-order valence-corrected chi connectivity index (χ2v) is 6.41. The molecule has 1 amide bonds. The van der Waals surface area contributed by atoms with Gasteiger partial charge in [0.2, 0.25) is 0 Å². The molecule has 102 valence electrons. The molecule has 0 spiro atoms. The number of hydrogen-bond donors (Lipinski definition) is 1. The number of amides is 1. The minimum absolute atomic E-state index is 0. The van der Waals surface area contributed by atoms with Crippen molar-refractivity contribution >= 4 is 70.1 Å². The van der Waals surface area contributed by atoms with Gasteiger partial charge < -0.3 is 5.11 Å². The van der Waals surface area contributed by atoms with Crippen LogP contribution in [0.1, 0.15) is 0 Å². The van der Waals surface area contributed by atoms with Gasteiger partial charge in [-0.25, -0.2) is 9.10 Å². The molecule has 0 saturated heterocycles. The molecular weight excluding hydrogens is 354 g/mol. The third-order valence-corrected chi connectivity index (χ3v) is 3.06. The summed E-state index contributed by atoms with van der Waals surface area (Å²) in [5.74, 6) is 0. The molecule has 0 unspecified atom stereocenters. The molecule has 0 aromatic heterocycles. The molecular formula is C8H5Cl4F2NO2S. The van der Waals surface area contributed by atoms with Gasteiger partial charge in [0, 0.05) is 22.0 Å². The molecule has 18 heavy (non-hydrogen) atoms. The lowest BCUT2D eigenvalue weighted by Crippen LogP contribution is -2.25. The lowest BCUT2D eigenvalue weighted by atomic mass is 10.3. The predicted molar refractivity (Wildman–Crippen MR) is 72.6 cm³/mol. The van der Waals surface area contributed by atoms with E-state index in [0.29, 0.717) is 4.31 Å². The van der Waals surface area contributed by atoms with Gasteiger partial charge in [-0.15, -0.1) is 0 Å². The van der Waals surface area contributed by atoms with Crippen LogP contribution in [0.5, 0.6) is 0 Å². The van der Waals surface area contributed by atoms with Crippen LogP contribution in [0.25, 0.3) is 0 Å². The van der Waals surface area contributed by atoms with E-state index in [2.05, 4.69) is 0 Å². The summed E-state index contributed by atoms with van der Waals surface area (Å²) in [5.41, 5.74) is 0.0447. The molecule has 0 fully saturated rings. The van der Waals surface area contributed by atoms with Crippen LogP contribution in [0.15, 0.2) is 18.2 Å². The van der Waals surface area contributed by atoms with E-state index in [1.165, 1.54) is 18.2 Å². The Bertz CT molecular complexity index is 423. The molecule has 0 saturated carbocycles. The van der Waals surface area contributed by atoms with Crippen LogP contribution in [0, 0.1) is 0 Å². The van der Waals surface area contributed by atoms with Gasteiger partial charge in [-0.1, -0.05) is 46.4 Å². The molecule has 0 radical (unpaired) electrons. The zero-order chi connectivity index (χ0) is 13.2. The summed E-state index contributed by atoms with van der Waals surface area (Å²) in [6, 6.07) is 3.98. The first kappa shape index (κ1) is 17.9. The molecule has 1 rings (SSSR count). The minimum Gasteiger partial charge on any atom is -0.464 e. The largest absolute Gasteiger partial charge is 0.464 e. The summed E-state index contributed by atoms with van der Waals surface area (Å²) in [4.78, 5) is 10.9. The molecule has 10 heteroatoms. The van der Waals surface area contributed by atoms with E-state index in [0.717, 1.165) is 0 Å². The number of carboxylic acid groups (broad SMARTS) is 1. The number of carbonyl (C=O) groups is 1. The fourth-order valence-electron chi connectivity index (χ4n) is 0.962. The van der Waals surface area contributed by atoms with Crippen molar-refractivity contribution in [3.63, 3.8) is 0 Å². The van der Waals surface area contributed by atoms with E-state index >= 15 is 0 Å². The van der Waals surface area contributed by atoms with Crippen LogP contribution >= 0.6 is 58.4 Å². The summed E-state index contributed by atoms with van der Waals surface area (Å²) in [6.07, 6.45) is -1.46. The van der Waals surface area contributed by atoms with Crippen molar-refractivity contribution in [2.24, 2.45) is 0 Å². The Balaban J connectivity index is 0.00000289. The first-order valence-corrected chi connectivity index (χ1v) is 6.22. The number of alkyl halides is 3. The van der Waals surface area contributed by atoms with Gasteiger partial charge in [0.05, 0.1) is 5.69 Å². The van der Waals surface area contributed by atoms with Crippen LogP contribution in [-0.4, -0.2) is 15.1 Å². The Morgan fingerprint density at radius 3 is 2.06 bits per heavy atom. The summed E-state index contributed by atoms with van der Waals surface area (Å²) < 4.78 is 10.8. The van der Waals surface area contributed by atoms with Gasteiger partial charge in [0.1, 0.15) is 0 Å². The smallest absolute Gasteiger partial charge is 0.422 e. The highest BCUT2D eigenvalue weighted by Crippen LogP contribution is 2.41. The third-order valence-electron chi connectivity index (χ3n) is 1.45. The zero-order valence-electron chi connectivity index (χ0n) is 8.24.